The van der Waals surface area contributed by atoms with Gasteiger partial charge < -0.3 is 4.57 Å². The predicted molar refractivity (Wildman–Crippen MR) is 111 cm³/mol. The Morgan fingerprint density at radius 1 is 1.32 bits per heavy atom. The van der Waals surface area contributed by atoms with Crippen molar-refractivity contribution in [3.05, 3.63) is 50.8 Å². The van der Waals surface area contributed by atoms with Crippen molar-refractivity contribution >= 4 is 45.6 Å². The molecule has 0 aliphatic carbocycles. The largest absolute Gasteiger partial charge is 0.332 e. The van der Waals surface area contributed by atoms with Gasteiger partial charge in [-0.05, 0) is 13.0 Å². The van der Waals surface area contributed by atoms with E-state index in [2.05, 4.69) is 19.8 Å². The summed E-state index contributed by atoms with van der Waals surface area (Å²) in [5, 5.41) is 13.1. The fourth-order valence-electron chi connectivity index (χ4n) is 2.92. The second kappa shape index (κ2) is 7.64. The van der Waals surface area contributed by atoms with Crippen molar-refractivity contribution in [1.29, 1.82) is 0 Å². The van der Waals surface area contributed by atoms with Crippen LogP contribution in [0.2, 0.25) is 0 Å². The lowest BCUT2D eigenvalue weighted by molar-refractivity contribution is -0.118. The number of aromatic nitrogens is 5. The number of hydrogen-bond acceptors (Lipinski definition) is 7. The van der Waals surface area contributed by atoms with E-state index in [-0.39, 0.29) is 0 Å². The summed E-state index contributed by atoms with van der Waals surface area (Å²) in [7, 11) is 3.84. The third-order valence-corrected chi connectivity index (χ3v) is 6.19. The lowest BCUT2D eigenvalue weighted by atomic mass is 10.3. The number of nitrogens with zero attached hydrogens (tertiary/aromatic N) is 7. The molecule has 0 N–H and O–H groups in total. The summed E-state index contributed by atoms with van der Waals surface area (Å²) >= 11 is 3.23. The van der Waals surface area contributed by atoms with Gasteiger partial charge in [-0.2, -0.15) is 10.2 Å². The zero-order chi connectivity index (χ0) is 19.7. The third kappa shape index (κ3) is 3.60. The van der Waals surface area contributed by atoms with E-state index < -0.39 is 0 Å². The molecule has 0 unspecified atom stereocenters. The highest BCUT2D eigenvalue weighted by atomic mass is 32.1. The fourth-order valence-corrected chi connectivity index (χ4v) is 4.65. The van der Waals surface area contributed by atoms with Crippen molar-refractivity contribution in [1.82, 2.24) is 29.3 Å². The molecule has 0 saturated carbocycles. The van der Waals surface area contributed by atoms with E-state index in [0.717, 1.165) is 44.4 Å². The van der Waals surface area contributed by atoms with Gasteiger partial charge in [-0.25, -0.2) is 15.0 Å². The molecule has 4 aromatic rings. The number of amides is 1. The number of thiazole rings is 2. The molecule has 4 rings (SSSR count). The molecule has 0 aliphatic heterocycles. The molecule has 4 heterocycles. The Labute approximate surface area is 169 Å². The summed E-state index contributed by atoms with van der Waals surface area (Å²) in [5.74, 6) is 0. The Hall–Kier alpha value is -2.85. The first-order chi connectivity index (χ1) is 13.5. The molecule has 4 aromatic heterocycles. The van der Waals surface area contributed by atoms with Gasteiger partial charge in [0.25, 0.3) is 0 Å². The molecule has 0 saturated heterocycles. The summed E-state index contributed by atoms with van der Waals surface area (Å²) < 4.78 is 4.83. The van der Waals surface area contributed by atoms with Crippen LogP contribution in [0.4, 0.5) is 0 Å². The topological polar surface area (TPSA) is 81.2 Å². The lowest BCUT2D eigenvalue weighted by Crippen LogP contribution is -2.15. The van der Waals surface area contributed by atoms with Crippen LogP contribution in [-0.2, 0) is 31.9 Å². The average molecular weight is 414 g/mol. The number of carbonyl (C=O) groups excluding carboxylic acids is 1. The number of rotatable bonds is 7. The molecule has 10 heteroatoms. The van der Waals surface area contributed by atoms with Gasteiger partial charge in [0.15, 0.2) is 5.65 Å². The van der Waals surface area contributed by atoms with Gasteiger partial charge >= 0.3 is 0 Å². The van der Waals surface area contributed by atoms with Crippen LogP contribution in [0.3, 0.4) is 0 Å². The zero-order valence-electron chi connectivity index (χ0n) is 15.7. The first-order valence-electron chi connectivity index (χ1n) is 8.61. The van der Waals surface area contributed by atoms with Gasteiger partial charge in [0.05, 0.1) is 34.4 Å². The van der Waals surface area contributed by atoms with Crippen molar-refractivity contribution in [3.8, 4) is 0 Å². The number of carbonyl (C=O) groups is 1. The number of aryl methyl sites for hydroxylation is 2. The minimum atomic E-state index is 0.327. The van der Waals surface area contributed by atoms with Crippen LogP contribution in [0.5, 0.6) is 0 Å². The van der Waals surface area contributed by atoms with Crippen LogP contribution in [0.1, 0.15) is 27.7 Å². The Balaban J connectivity index is 1.61. The van der Waals surface area contributed by atoms with E-state index in [0.29, 0.717) is 13.0 Å². The summed E-state index contributed by atoms with van der Waals surface area (Å²) in [6.07, 6.45) is 5.01. The van der Waals surface area contributed by atoms with Gasteiger partial charge in [0.1, 0.15) is 5.01 Å². The highest BCUT2D eigenvalue weighted by Crippen LogP contribution is 2.30. The van der Waals surface area contributed by atoms with Gasteiger partial charge in [-0.3, -0.25) is 9.48 Å². The van der Waals surface area contributed by atoms with Crippen LogP contribution < -0.4 is 0 Å². The highest BCUT2D eigenvalue weighted by Gasteiger charge is 2.17. The monoisotopic (exact) mass is 413 g/mol. The maximum atomic E-state index is 11.4. The van der Waals surface area contributed by atoms with E-state index >= 15 is 0 Å². The van der Waals surface area contributed by atoms with E-state index in [1.165, 1.54) is 5.01 Å². The molecule has 1 amide bonds. The molecule has 144 valence electrons. The Morgan fingerprint density at radius 2 is 2.18 bits per heavy atom. The van der Waals surface area contributed by atoms with Crippen molar-refractivity contribution < 1.29 is 4.79 Å². The van der Waals surface area contributed by atoms with Crippen LogP contribution in [-0.4, -0.2) is 41.9 Å². The van der Waals surface area contributed by atoms with Crippen LogP contribution in [0.25, 0.3) is 10.3 Å². The summed E-state index contributed by atoms with van der Waals surface area (Å²) in [6.45, 7) is 2.35. The predicted octanol–water partition coefficient (Wildman–Crippen LogP) is 2.72. The number of fused-ring (bicyclic) bond motifs is 1. The van der Waals surface area contributed by atoms with E-state index in [1.54, 1.807) is 33.6 Å². The second-order valence-corrected chi connectivity index (χ2v) is 8.21. The van der Waals surface area contributed by atoms with Gasteiger partial charge in [0, 0.05) is 43.4 Å². The highest BCUT2D eigenvalue weighted by molar-refractivity contribution is 7.19. The third-order valence-electron chi connectivity index (χ3n) is 4.47. The summed E-state index contributed by atoms with van der Waals surface area (Å²) in [5.41, 5.74) is 6.61. The molecule has 0 atom stereocenters. The van der Waals surface area contributed by atoms with Crippen molar-refractivity contribution in [3.63, 3.8) is 0 Å². The Kier molecular flexibility index (Phi) is 5.05. The SMILES string of the molecule is Cc1c(/C=N\N(C=O)Cc2ccn(C)n2)c2sc(Cc3cscn3)nc2n1C. The number of hydrazone groups is 1. The molecule has 0 fully saturated rings. The normalized spacial score (nSPS) is 11.7. The van der Waals surface area contributed by atoms with Gasteiger partial charge in [0.2, 0.25) is 6.41 Å². The molecule has 0 aliphatic rings. The maximum absolute atomic E-state index is 11.4. The fraction of sp³-hybridized carbons (Fsp3) is 0.278. The van der Waals surface area contributed by atoms with E-state index in [9.17, 15) is 4.79 Å². The Bertz CT molecular complexity index is 1140. The smallest absolute Gasteiger partial charge is 0.230 e. The van der Waals surface area contributed by atoms with Gasteiger partial charge in [-0.15, -0.1) is 22.7 Å². The van der Waals surface area contributed by atoms with Crippen molar-refractivity contribution in [2.45, 2.75) is 19.9 Å². The van der Waals surface area contributed by atoms with E-state index in [1.807, 2.05) is 44.2 Å². The molecule has 8 nitrogen and oxygen atoms in total. The molecular weight excluding hydrogens is 394 g/mol. The molecular formula is C18H19N7OS2. The lowest BCUT2D eigenvalue weighted by Gasteiger charge is -2.08. The van der Waals surface area contributed by atoms with E-state index in [4.69, 9.17) is 4.98 Å². The van der Waals surface area contributed by atoms with Crippen molar-refractivity contribution in [2.75, 3.05) is 0 Å². The van der Waals surface area contributed by atoms with Crippen LogP contribution in [0.15, 0.2) is 28.3 Å². The van der Waals surface area contributed by atoms with Crippen molar-refractivity contribution in [2.24, 2.45) is 19.2 Å². The van der Waals surface area contributed by atoms with Crippen LogP contribution >= 0.6 is 22.7 Å². The molecule has 0 radical (unpaired) electrons. The maximum Gasteiger partial charge on any atom is 0.230 e. The Morgan fingerprint density at radius 3 is 2.86 bits per heavy atom. The second-order valence-electron chi connectivity index (χ2n) is 6.40. The summed E-state index contributed by atoms with van der Waals surface area (Å²) in [4.78, 5) is 20.5. The summed E-state index contributed by atoms with van der Waals surface area (Å²) in [6, 6.07) is 1.87. The first-order valence-corrected chi connectivity index (χ1v) is 10.4. The zero-order valence-corrected chi connectivity index (χ0v) is 17.4. The molecule has 28 heavy (non-hydrogen) atoms. The molecule has 0 spiro atoms. The minimum absolute atomic E-state index is 0.327. The quantitative estimate of drug-likeness (QED) is 0.265. The first kappa shape index (κ1) is 18.5. The average Bonchev–Trinajstić information content (AvgIpc) is 3.45. The molecule has 0 bridgehead atoms. The van der Waals surface area contributed by atoms with Crippen LogP contribution in [0, 0.1) is 6.92 Å². The molecule has 0 aromatic carbocycles. The number of hydrogen-bond donors (Lipinski definition) is 0. The standard InChI is InChI=1S/C18H19N7OS2/c1-12-15(7-20-25(11-26)8-13-4-5-23(2)22-13)17-18(24(12)3)21-16(28-17)6-14-9-27-10-19-14/h4-5,7,9-11H,6,8H2,1-3H3/b20-7-. The van der Waals surface area contributed by atoms with Gasteiger partial charge in [-0.1, -0.05) is 0 Å². The minimum Gasteiger partial charge on any atom is -0.332 e.